The smallest absolute Gasteiger partial charge is 0.0447 e. The van der Waals surface area contributed by atoms with E-state index >= 15 is 0 Å². The maximum Gasteiger partial charge on any atom is 0.0447 e. The average molecular weight is 159 g/mol. The molecular weight excluding hydrogens is 144 g/mol. The molecule has 0 saturated heterocycles. The molecule has 58 valence electrons. The molecule has 0 spiro atoms. The highest BCUT2D eigenvalue weighted by atomic mass is 35.5. The van der Waals surface area contributed by atoms with Crippen LogP contribution in [0.25, 0.3) is 0 Å². The third kappa shape index (κ3) is 1.18. The molecule has 3 fully saturated rings. The van der Waals surface area contributed by atoms with E-state index in [2.05, 4.69) is 0 Å². The summed E-state index contributed by atoms with van der Waals surface area (Å²) in [5, 5.41) is 0. The van der Waals surface area contributed by atoms with E-state index in [1.165, 1.54) is 44.9 Å². The summed E-state index contributed by atoms with van der Waals surface area (Å²) in [6, 6.07) is 0. The second kappa shape index (κ2) is 2.41. The van der Waals surface area contributed by atoms with Crippen LogP contribution >= 0.6 is 11.6 Å². The molecule has 10 heavy (non-hydrogen) atoms. The zero-order valence-electron chi connectivity index (χ0n) is 6.41. The van der Waals surface area contributed by atoms with E-state index in [0.29, 0.717) is 0 Å². The lowest BCUT2D eigenvalue weighted by atomic mass is 9.83. The van der Waals surface area contributed by atoms with Crippen molar-refractivity contribution in [1.82, 2.24) is 0 Å². The number of alkyl halides is 1. The number of fused-ring (bicyclic) bond motifs is 4. The van der Waals surface area contributed by atoms with E-state index in [0.717, 1.165) is 5.92 Å². The van der Waals surface area contributed by atoms with Crippen molar-refractivity contribution in [2.45, 2.75) is 49.8 Å². The Kier molecular flexibility index (Phi) is 1.68. The van der Waals surface area contributed by atoms with E-state index in [1.54, 1.807) is 0 Å². The standard InChI is InChI=1S/C9H15Cl/c10-9-5-1-2-8(3-6-9)4-7-9/h8H,1-7H2. The SMILES string of the molecule is ClC12CCCC(CC1)CC2. The van der Waals surface area contributed by atoms with Crippen molar-refractivity contribution in [3.63, 3.8) is 0 Å². The van der Waals surface area contributed by atoms with Crippen LogP contribution in [0, 0.1) is 5.92 Å². The zero-order chi connectivity index (χ0) is 7.03. The molecule has 3 saturated carbocycles. The van der Waals surface area contributed by atoms with E-state index < -0.39 is 0 Å². The number of hydrogen-bond donors (Lipinski definition) is 0. The van der Waals surface area contributed by atoms with Crippen LogP contribution in [-0.2, 0) is 0 Å². The fourth-order valence-corrected chi connectivity index (χ4v) is 2.79. The van der Waals surface area contributed by atoms with Crippen molar-refractivity contribution in [2.24, 2.45) is 5.92 Å². The molecule has 0 nitrogen and oxygen atoms in total. The molecule has 0 amide bonds. The lowest BCUT2D eigenvalue weighted by Gasteiger charge is -2.30. The predicted octanol–water partition coefficient (Wildman–Crippen LogP) is 3.34. The first-order valence-corrected chi connectivity index (χ1v) is 4.85. The second-order valence-corrected chi connectivity index (χ2v) is 4.79. The maximum atomic E-state index is 6.40. The quantitative estimate of drug-likeness (QED) is 0.475. The zero-order valence-corrected chi connectivity index (χ0v) is 7.16. The van der Waals surface area contributed by atoms with Crippen molar-refractivity contribution in [3.8, 4) is 0 Å². The Morgan fingerprint density at radius 3 is 2.40 bits per heavy atom. The lowest BCUT2D eigenvalue weighted by molar-refractivity contribution is 0.328. The fourth-order valence-electron chi connectivity index (χ4n) is 2.44. The molecule has 0 atom stereocenters. The van der Waals surface area contributed by atoms with Gasteiger partial charge in [-0.15, -0.1) is 11.6 Å². The van der Waals surface area contributed by atoms with Crippen molar-refractivity contribution >= 4 is 11.6 Å². The highest BCUT2D eigenvalue weighted by Crippen LogP contribution is 2.45. The van der Waals surface area contributed by atoms with Gasteiger partial charge >= 0.3 is 0 Å². The molecular formula is C9H15Cl. The van der Waals surface area contributed by atoms with Crippen LogP contribution in [0.1, 0.15) is 44.9 Å². The molecule has 0 aliphatic heterocycles. The summed E-state index contributed by atoms with van der Waals surface area (Å²) in [5.41, 5.74) is 0. The van der Waals surface area contributed by atoms with Gasteiger partial charge in [-0.05, 0) is 38.0 Å². The van der Waals surface area contributed by atoms with Gasteiger partial charge in [0.05, 0.1) is 0 Å². The van der Waals surface area contributed by atoms with Crippen molar-refractivity contribution < 1.29 is 0 Å². The highest BCUT2D eigenvalue weighted by Gasteiger charge is 2.35. The number of rotatable bonds is 0. The van der Waals surface area contributed by atoms with Crippen LogP contribution in [0.5, 0.6) is 0 Å². The molecule has 3 rings (SSSR count). The molecule has 0 aromatic carbocycles. The number of halogens is 1. The van der Waals surface area contributed by atoms with Crippen LogP contribution in [0.4, 0.5) is 0 Å². The van der Waals surface area contributed by atoms with Crippen molar-refractivity contribution in [3.05, 3.63) is 0 Å². The van der Waals surface area contributed by atoms with Gasteiger partial charge in [-0.1, -0.05) is 12.8 Å². The van der Waals surface area contributed by atoms with Crippen LogP contribution in [0.15, 0.2) is 0 Å². The van der Waals surface area contributed by atoms with Gasteiger partial charge in [0.25, 0.3) is 0 Å². The Balaban J connectivity index is 2.11. The molecule has 0 unspecified atom stereocenters. The van der Waals surface area contributed by atoms with Crippen molar-refractivity contribution in [1.29, 1.82) is 0 Å². The minimum atomic E-state index is 0.243. The molecule has 0 radical (unpaired) electrons. The third-order valence-corrected chi connectivity index (χ3v) is 3.81. The van der Waals surface area contributed by atoms with E-state index in [-0.39, 0.29) is 4.87 Å². The summed E-state index contributed by atoms with van der Waals surface area (Å²) in [4.78, 5) is 0.243. The van der Waals surface area contributed by atoms with Crippen LogP contribution in [0.3, 0.4) is 0 Å². The fraction of sp³-hybridized carbons (Fsp3) is 1.00. The monoisotopic (exact) mass is 158 g/mol. The number of hydrogen-bond acceptors (Lipinski definition) is 0. The van der Waals surface area contributed by atoms with Crippen LogP contribution < -0.4 is 0 Å². The van der Waals surface area contributed by atoms with Crippen molar-refractivity contribution in [2.75, 3.05) is 0 Å². The Morgan fingerprint density at radius 2 is 1.70 bits per heavy atom. The predicted molar refractivity (Wildman–Crippen MR) is 44.4 cm³/mol. The van der Waals surface area contributed by atoms with Crippen LogP contribution in [-0.4, -0.2) is 4.87 Å². The first-order chi connectivity index (χ1) is 4.79. The summed E-state index contributed by atoms with van der Waals surface area (Å²) in [7, 11) is 0. The summed E-state index contributed by atoms with van der Waals surface area (Å²) < 4.78 is 0. The Hall–Kier alpha value is 0.290. The second-order valence-electron chi connectivity index (χ2n) is 3.99. The minimum Gasteiger partial charge on any atom is -0.119 e. The Morgan fingerprint density at radius 1 is 1.00 bits per heavy atom. The molecule has 3 aliphatic rings. The summed E-state index contributed by atoms with van der Waals surface area (Å²) >= 11 is 6.40. The van der Waals surface area contributed by atoms with Crippen LogP contribution in [0.2, 0.25) is 0 Å². The lowest BCUT2D eigenvalue weighted by Crippen LogP contribution is -2.24. The molecule has 3 aliphatic carbocycles. The summed E-state index contributed by atoms with van der Waals surface area (Å²) in [6.45, 7) is 0. The van der Waals surface area contributed by atoms with Gasteiger partial charge < -0.3 is 0 Å². The normalized spacial score (nSPS) is 47.1. The van der Waals surface area contributed by atoms with Gasteiger partial charge in [0, 0.05) is 4.87 Å². The van der Waals surface area contributed by atoms with Gasteiger partial charge in [-0.2, -0.15) is 0 Å². The summed E-state index contributed by atoms with van der Waals surface area (Å²) in [6.07, 6.45) is 9.51. The van der Waals surface area contributed by atoms with Gasteiger partial charge in [-0.25, -0.2) is 0 Å². The average Bonchev–Trinajstić information content (AvgIpc) is 2.19. The largest absolute Gasteiger partial charge is 0.119 e. The maximum absolute atomic E-state index is 6.40. The molecule has 2 bridgehead atoms. The molecule has 1 heteroatoms. The first-order valence-electron chi connectivity index (χ1n) is 4.47. The van der Waals surface area contributed by atoms with Gasteiger partial charge in [-0.3, -0.25) is 0 Å². The Labute approximate surface area is 68.0 Å². The van der Waals surface area contributed by atoms with E-state index in [9.17, 15) is 0 Å². The Bertz CT molecular complexity index is 117. The molecule has 0 aromatic heterocycles. The van der Waals surface area contributed by atoms with Gasteiger partial charge in [0.1, 0.15) is 0 Å². The third-order valence-electron chi connectivity index (χ3n) is 3.24. The molecule has 0 aromatic rings. The van der Waals surface area contributed by atoms with Gasteiger partial charge in [0.2, 0.25) is 0 Å². The summed E-state index contributed by atoms with van der Waals surface area (Å²) in [5.74, 6) is 1.04. The molecule has 0 heterocycles. The minimum absolute atomic E-state index is 0.243. The first kappa shape index (κ1) is 6.97. The van der Waals surface area contributed by atoms with E-state index in [4.69, 9.17) is 11.6 Å². The van der Waals surface area contributed by atoms with E-state index in [1.807, 2.05) is 0 Å². The molecule has 0 N–H and O–H groups in total. The van der Waals surface area contributed by atoms with Gasteiger partial charge in [0.15, 0.2) is 0 Å². The highest BCUT2D eigenvalue weighted by molar-refractivity contribution is 6.24. The topological polar surface area (TPSA) is 0 Å².